The van der Waals surface area contributed by atoms with Crippen LogP contribution in [0.1, 0.15) is 0 Å². The third-order valence-electron chi connectivity index (χ3n) is 3.95. The summed E-state index contributed by atoms with van der Waals surface area (Å²) in [6.07, 6.45) is 0. The Morgan fingerprint density at radius 2 is 1.12 bits per heavy atom. The molecule has 0 saturated carbocycles. The van der Waals surface area contributed by atoms with Gasteiger partial charge in [-0.2, -0.15) is 0 Å². The minimum Gasteiger partial charge on any atom is -0.492 e. The molecule has 4 nitrogen and oxygen atoms in total. The molecule has 0 aliphatic carbocycles. The van der Waals surface area contributed by atoms with Crippen LogP contribution in [-0.4, -0.2) is 14.5 Å². The van der Waals surface area contributed by atoms with E-state index in [0.29, 0.717) is 16.3 Å². The standard InChI is InChI=1S/C21H16N2O2S/c24-20-19(26-18-14-8-3-9-15-18)21(25)23(17-12-6-2-7-13-17)22(20)16-10-4-1-5-11-16/h1-15,24H. The lowest BCUT2D eigenvalue weighted by molar-refractivity contribution is 0.416. The maximum Gasteiger partial charge on any atom is 0.289 e. The molecule has 0 radical (unpaired) electrons. The van der Waals surface area contributed by atoms with Gasteiger partial charge >= 0.3 is 0 Å². The minimum absolute atomic E-state index is 0.0705. The van der Waals surface area contributed by atoms with E-state index in [1.807, 2.05) is 91.0 Å². The third kappa shape index (κ3) is 2.93. The largest absolute Gasteiger partial charge is 0.492 e. The van der Waals surface area contributed by atoms with Crippen LogP contribution in [0.15, 0.2) is 106 Å². The number of para-hydroxylation sites is 2. The molecule has 128 valence electrons. The molecule has 5 heteroatoms. The van der Waals surface area contributed by atoms with Gasteiger partial charge in [-0.15, -0.1) is 0 Å². The molecule has 1 heterocycles. The van der Waals surface area contributed by atoms with Crippen LogP contribution in [0.4, 0.5) is 0 Å². The second-order valence-electron chi connectivity index (χ2n) is 5.67. The van der Waals surface area contributed by atoms with E-state index in [1.54, 1.807) is 4.68 Å². The number of nitrogens with zero attached hydrogens (tertiary/aromatic N) is 2. The van der Waals surface area contributed by atoms with Gasteiger partial charge < -0.3 is 5.11 Å². The van der Waals surface area contributed by atoms with E-state index in [1.165, 1.54) is 16.4 Å². The average Bonchev–Trinajstić information content (AvgIpc) is 2.95. The van der Waals surface area contributed by atoms with Crippen LogP contribution in [0.3, 0.4) is 0 Å². The highest BCUT2D eigenvalue weighted by molar-refractivity contribution is 7.99. The maximum atomic E-state index is 13.2. The third-order valence-corrected chi connectivity index (χ3v) is 5.02. The Labute approximate surface area is 154 Å². The molecule has 4 rings (SSSR count). The summed E-state index contributed by atoms with van der Waals surface area (Å²) in [4.78, 5) is 14.3. The van der Waals surface area contributed by atoms with E-state index < -0.39 is 0 Å². The molecule has 0 fully saturated rings. The van der Waals surface area contributed by atoms with Crippen molar-refractivity contribution in [2.45, 2.75) is 9.79 Å². The fourth-order valence-corrected chi connectivity index (χ4v) is 3.66. The lowest BCUT2D eigenvalue weighted by Crippen LogP contribution is -2.20. The molecule has 0 unspecified atom stereocenters. The van der Waals surface area contributed by atoms with Crippen LogP contribution in [0.5, 0.6) is 5.88 Å². The first kappa shape index (κ1) is 16.3. The van der Waals surface area contributed by atoms with Crippen molar-refractivity contribution in [1.29, 1.82) is 0 Å². The van der Waals surface area contributed by atoms with Gasteiger partial charge in [-0.3, -0.25) is 4.79 Å². The average molecular weight is 360 g/mol. The van der Waals surface area contributed by atoms with Gasteiger partial charge in [-0.05, 0) is 36.4 Å². The zero-order chi connectivity index (χ0) is 17.9. The van der Waals surface area contributed by atoms with E-state index in [2.05, 4.69) is 0 Å². The van der Waals surface area contributed by atoms with Crippen molar-refractivity contribution in [1.82, 2.24) is 9.36 Å². The quantitative estimate of drug-likeness (QED) is 0.583. The smallest absolute Gasteiger partial charge is 0.289 e. The fraction of sp³-hybridized carbons (Fsp3) is 0. The molecule has 3 aromatic carbocycles. The van der Waals surface area contributed by atoms with E-state index >= 15 is 0 Å². The normalized spacial score (nSPS) is 10.8. The SMILES string of the molecule is O=c1c(Sc2ccccc2)c(O)n(-c2ccccc2)n1-c1ccccc1. The van der Waals surface area contributed by atoms with Gasteiger partial charge in [0.15, 0.2) is 0 Å². The molecule has 4 aromatic rings. The molecular formula is C21H16N2O2S. The monoisotopic (exact) mass is 360 g/mol. The van der Waals surface area contributed by atoms with Crippen LogP contribution in [-0.2, 0) is 0 Å². The zero-order valence-electron chi connectivity index (χ0n) is 13.8. The van der Waals surface area contributed by atoms with Crippen molar-refractivity contribution in [3.05, 3.63) is 101 Å². The Kier molecular flexibility index (Phi) is 4.37. The lowest BCUT2D eigenvalue weighted by atomic mass is 10.3. The minimum atomic E-state index is -0.258. The number of rotatable bonds is 4. The first-order chi connectivity index (χ1) is 12.8. The van der Waals surface area contributed by atoms with E-state index in [4.69, 9.17) is 0 Å². The summed E-state index contributed by atoms with van der Waals surface area (Å²) in [7, 11) is 0. The van der Waals surface area contributed by atoms with Crippen molar-refractivity contribution in [2.24, 2.45) is 0 Å². The lowest BCUT2D eigenvalue weighted by Gasteiger charge is -2.12. The first-order valence-corrected chi connectivity index (χ1v) is 8.98. The molecule has 0 aliphatic heterocycles. The number of aromatic nitrogens is 2. The molecular weight excluding hydrogens is 344 g/mol. The van der Waals surface area contributed by atoms with E-state index in [0.717, 1.165) is 4.90 Å². The Morgan fingerprint density at radius 1 is 0.654 bits per heavy atom. The highest BCUT2D eigenvalue weighted by atomic mass is 32.2. The Hall–Kier alpha value is -3.18. The maximum absolute atomic E-state index is 13.2. The van der Waals surface area contributed by atoms with Gasteiger partial charge in [-0.1, -0.05) is 66.4 Å². The highest BCUT2D eigenvalue weighted by Crippen LogP contribution is 2.34. The molecule has 0 bridgehead atoms. The van der Waals surface area contributed by atoms with Crippen molar-refractivity contribution in [3.8, 4) is 17.3 Å². The Bertz CT molecular complexity index is 1070. The Balaban J connectivity index is 1.95. The van der Waals surface area contributed by atoms with Gasteiger partial charge in [0.05, 0.1) is 11.4 Å². The summed E-state index contributed by atoms with van der Waals surface area (Å²) >= 11 is 1.26. The van der Waals surface area contributed by atoms with Crippen molar-refractivity contribution in [3.63, 3.8) is 0 Å². The first-order valence-electron chi connectivity index (χ1n) is 8.16. The number of hydrogen-bond acceptors (Lipinski definition) is 3. The molecule has 0 saturated heterocycles. The molecule has 0 spiro atoms. The van der Waals surface area contributed by atoms with Crippen LogP contribution in [0.2, 0.25) is 0 Å². The topological polar surface area (TPSA) is 47.2 Å². The predicted molar refractivity (Wildman–Crippen MR) is 104 cm³/mol. The number of aromatic hydroxyl groups is 1. The van der Waals surface area contributed by atoms with Gasteiger partial charge in [0.25, 0.3) is 5.56 Å². The summed E-state index contributed by atoms with van der Waals surface area (Å²) in [5.74, 6) is -0.0705. The van der Waals surface area contributed by atoms with Crippen LogP contribution in [0, 0.1) is 0 Å². The molecule has 1 aromatic heterocycles. The highest BCUT2D eigenvalue weighted by Gasteiger charge is 2.22. The van der Waals surface area contributed by atoms with Gasteiger partial charge in [0.1, 0.15) is 4.90 Å². The van der Waals surface area contributed by atoms with E-state index in [-0.39, 0.29) is 11.4 Å². The summed E-state index contributed by atoms with van der Waals surface area (Å²) in [5, 5.41) is 10.9. The van der Waals surface area contributed by atoms with Crippen LogP contribution < -0.4 is 5.56 Å². The van der Waals surface area contributed by atoms with Crippen molar-refractivity contribution in [2.75, 3.05) is 0 Å². The number of benzene rings is 3. The summed E-state index contributed by atoms with van der Waals surface area (Å²) in [5.41, 5.74) is 1.15. The van der Waals surface area contributed by atoms with Gasteiger partial charge in [0, 0.05) is 4.90 Å². The Morgan fingerprint density at radius 3 is 1.65 bits per heavy atom. The summed E-state index contributed by atoms with van der Waals surface area (Å²) in [6, 6.07) is 28.2. The van der Waals surface area contributed by atoms with Gasteiger partial charge in [-0.25, -0.2) is 9.36 Å². The fourth-order valence-electron chi connectivity index (χ4n) is 2.78. The molecule has 1 N–H and O–H groups in total. The van der Waals surface area contributed by atoms with E-state index in [9.17, 15) is 9.90 Å². The zero-order valence-corrected chi connectivity index (χ0v) is 14.6. The molecule has 0 atom stereocenters. The molecule has 0 amide bonds. The summed E-state index contributed by atoms with van der Waals surface area (Å²) < 4.78 is 3.04. The number of hydrogen-bond donors (Lipinski definition) is 1. The van der Waals surface area contributed by atoms with Crippen LogP contribution in [0.25, 0.3) is 11.4 Å². The molecule has 26 heavy (non-hydrogen) atoms. The summed E-state index contributed by atoms with van der Waals surface area (Å²) in [6.45, 7) is 0. The predicted octanol–water partition coefficient (Wildman–Crippen LogP) is 4.49. The van der Waals surface area contributed by atoms with Crippen molar-refractivity contribution >= 4 is 11.8 Å². The second kappa shape index (κ2) is 6.98. The van der Waals surface area contributed by atoms with Crippen LogP contribution >= 0.6 is 11.8 Å². The van der Waals surface area contributed by atoms with Gasteiger partial charge in [0.2, 0.25) is 5.88 Å². The second-order valence-corrected chi connectivity index (χ2v) is 6.75. The molecule has 0 aliphatic rings. The van der Waals surface area contributed by atoms with Crippen molar-refractivity contribution < 1.29 is 5.11 Å².